The van der Waals surface area contributed by atoms with E-state index in [9.17, 15) is 9.59 Å². The van der Waals surface area contributed by atoms with E-state index in [1.807, 2.05) is 0 Å². The Bertz CT molecular complexity index is 279. The van der Waals surface area contributed by atoms with Crippen LogP contribution in [0.4, 0.5) is 0 Å². The van der Waals surface area contributed by atoms with E-state index in [2.05, 4.69) is 13.8 Å². The van der Waals surface area contributed by atoms with Crippen LogP contribution in [0.5, 0.6) is 0 Å². The Morgan fingerprint density at radius 3 is 2.10 bits per heavy atom. The lowest BCUT2D eigenvalue weighted by molar-refractivity contribution is -0.148. The van der Waals surface area contributed by atoms with Crippen LogP contribution in [0.2, 0.25) is 0 Å². The van der Waals surface area contributed by atoms with Gasteiger partial charge >= 0.3 is 5.97 Å². The highest BCUT2D eigenvalue weighted by Gasteiger charge is 2.13. The van der Waals surface area contributed by atoms with Crippen molar-refractivity contribution in [3.8, 4) is 0 Å². The Labute approximate surface area is 130 Å². The Morgan fingerprint density at radius 1 is 0.857 bits per heavy atom. The smallest absolute Gasteiger partial charge is 0.325 e. The standard InChI is InChI=1S/C17H33NO3/c1-4-6-8-9-10-12-14-21-17(20)15-18(3)16(19)13-11-7-5-2/h4-15H2,1-3H3. The number of hydrogen-bond acceptors (Lipinski definition) is 3. The molecule has 0 radical (unpaired) electrons. The summed E-state index contributed by atoms with van der Waals surface area (Å²) in [6.45, 7) is 4.85. The summed E-state index contributed by atoms with van der Waals surface area (Å²) < 4.78 is 5.16. The van der Waals surface area contributed by atoms with Gasteiger partial charge in [0.2, 0.25) is 5.91 Å². The minimum Gasteiger partial charge on any atom is -0.464 e. The molecule has 0 unspecified atom stereocenters. The van der Waals surface area contributed by atoms with Crippen LogP contribution in [0.25, 0.3) is 0 Å². The Morgan fingerprint density at radius 2 is 1.43 bits per heavy atom. The van der Waals surface area contributed by atoms with E-state index in [-0.39, 0.29) is 18.4 Å². The highest BCUT2D eigenvalue weighted by molar-refractivity contribution is 5.81. The van der Waals surface area contributed by atoms with Gasteiger partial charge in [-0.25, -0.2) is 0 Å². The van der Waals surface area contributed by atoms with Crippen LogP contribution in [0.3, 0.4) is 0 Å². The minimum atomic E-state index is -0.296. The number of ether oxygens (including phenoxy) is 1. The molecule has 0 saturated heterocycles. The molecule has 0 rings (SSSR count). The average Bonchev–Trinajstić information content (AvgIpc) is 2.46. The van der Waals surface area contributed by atoms with Crippen LogP contribution in [0.15, 0.2) is 0 Å². The monoisotopic (exact) mass is 299 g/mol. The van der Waals surface area contributed by atoms with Gasteiger partial charge in [-0.05, 0) is 12.8 Å². The molecule has 0 spiro atoms. The van der Waals surface area contributed by atoms with Crippen LogP contribution < -0.4 is 0 Å². The zero-order valence-electron chi connectivity index (χ0n) is 14.2. The number of esters is 1. The summed E-state index contributed by atoms with van der Waals surface area (Å²) in [5.74, 6) is -0.269. The Kier molecular flexibility index (Phi) is 13.2. The third-order valence-corrected chi connectivity index (χ3v) is 3.55. The molecule has 0 fully saturated rings. The average molecular weight is 299 g/mol. The van der Waals surface area contributed by atoms with E-state index < -0.39 is 0 Å². The van der Waals surface area contributed by atoms with Crippen LogP contribution >= 0.6 is 0 Å². The van der Waals surface area contributed by atoms with Crippen molar-refractivity contribution in [2.45, 2.75) is 78.1 Å². The lowest BCUT2D eigenvalue weighted by Crippen LogP contribution is -2.33. The summed E-state index contributed by atoms with van der Waals surface area (Å²) in [6.07, 6.45) is 10.6. The van der Waals surface area contributed by atoms with Crippen LogP contribution in [-0.4, -0.2) is 37.0 Å². The van der Waals surface area contributed by atoms with E-state index in [0.29, 0.717) is 13.0 Å². The molecule has 0 aliphatic carbocycles. The fourth-order valence-corrected chi connectivity index (χ4v) is 2.11. The summed E-state index contributed by atoms with van der Waals surface area (Å²) in [4.78, 5) is 24.8. The molecule has 0 bridgehead atoms. The molecule has 0 atom stereocenters. The maximum absolute atomic E-state index is 11.7. The maximum Gasteiger partial charge on any atom is 0.325 e. The van der Waals surface area contributed by atoms with Crippen molar-refractivity contribution < 1.29 is 14.3 Å². The topological polar surface area (TPSA) is 46.6 Å². The van der Waals surface area contributed by atoms with Crippen LogP contribution in [-0.2, 0) is 14.3 Å². The third-order valence-electron chi connectivity index (χ3n) is 3.55. The van der Waals surface area contributed by atoms with E-state index in [1.165, 1.54) is 30.6 Å². The van der Waals surface area contributed by atoms with Crippen LogP contribution in [0.1, 0.15) is 78.1 Å². The highest BCUT2D eigenvalue weighted by atomic mass is 16.5. The Balaban J connectivity index is 3.57. The summed E-state index contributed by atoms with van der Waals surface area (Å²) in [7, 11) is 1.67. The largest absolute Gasteiger partial charge is 0.464 e. The van der Waals surface area contributed by atoms with Gasteiger partial charge in [0.15, 0.2) is 0 Å². The van der Waals surface area contributed by atoms with Gasteiger partial charge in [-0.3, -0.25) is 9.59 Å². The molecule has 0 aliphatic rings. The second-order valence-electron chi connectivity index (χ2n) is 5.70. The first-order valence-electron chi connectivity index (χ1n) is 8.51. The molecule has 0 aromatic carbocycles. The molecule has 124 valence electrons. The number of likely N-dealkylation sites (N-methyl/N-ethyl adjacent to an activating group) is 1. The molecule has 0 N–H and O–H groups in total. The molecule has 4 heteroatoms. The maximum atomic E-state index is 11.7. The summed E-state index contributed by atoms with van der Waals surface area (Å²) in [5.41, 5.74) is 0. The molecule has 0 aliphatic heterocycles. The first-order valence-corrected chi connectivity index (χ1v) is 8.51. The predicted octanol–water partition coefficient (Wildman–Crippen LogP) is 3.93. The summed E-state index contributed by atoms with van der Waals surface area (Å²) in [5, 5.41) is 0. The highest BCUT2D eigenvalue weighted by Crippen LogP contribution is 2.05. The lowest BCUT2D eigenvalue weighted by Gasteiger charge is -2.16. The second kappa shape index (κ2) is 13.9. The molecule has 0 saturated carbocycles. The number of rotatable bonds is 13. The fourth-order valence-electron chi connectivity index (χ4n) is 2.11. The van der Waals surface area contributed by atoms with Gasteiger partial charge in [0.1, 0.15) is 6.54 Å². The molecular formula is C17H33NO3. The van der Waals surface area contributed by atoms with Gasteiger partial charge < -0.3 is 9.64 Å². The first kappa shape index (κ1) is 19.9. The minimum absolute atomic E-state index is 0.0277. The van der Waals surface area contributed by atoms with E-state index >= 15 is 0 Å². The number of hydrogen-bond donors (Lipinski definition) is 0. The molecule has 0 aromatic heterocycles. The number of nitrogens with zero attached hydrogens (tertiary/aromatic N) is 1. The van der Waals surface area contributed by atoms with E-state index in [4.69, 9.17) is 4.74 Å². The zero-order valence-corrected chi connectivity index (χ0v) is 14.2. The molecule has 1 amide bonds. The van der Waals surface area contributed by atoms with E-state index in [1.54, 1.807) is 7.05 Å². The number of carbonyl (C=O) groups is 2. The van der Waals surface area contributed by atoms with Gasteiger partial charge in [-0.15, -0.1) is 0 Å². The third kappa shape index (κ3) is 12.4. The molecular weight excluding hydrogens is 266 g/mol. The Hall–Kier alpha value is -1.06. The quantitative estimate of drug-likeness (QED) is 0.382. The van der Waals surface area contributed by atoms with Gasteiger partial charge in [0.05, 0.1) is 6.61 Å². The van der Waals surface area contributed by atoms with Crippen molar-refractivity contribution in [3.05, 3.63) is 0 Å². The normalized spacial score (nSPS) is 10.4. The number of carbonyl (C=O) groups excluding carboxylic acids is 2. The van der Waals surface area contributed by atoms with Crippen LogP contribution in [0, 0.1) is 0 Å². The molecule has 4 nitrogen and oxygen atoms in total. The van der Waals surface area contributed by atoms with Gasteiger partial charge in [0, 0.05) is 13.5 Å². The first-order chi connectivity index (χ1) is 10.1. The van der Waals surface area contributed by atoms with Crippen molar-refractivity contribution in [1.29, 1.82) is 0 Å². The number of unbranched alkanes of at least 4 members (excludes halogenated alkanes) is 7. The van der Waals surface area contributed by atoms with E-state index in [0.717, 1.165) is 32.1 Å². The summed E-state index contributed by atoms with van der Waals surface area (Å²) >= 11 is 0. The van der Waals surface area contributed by atoms with Crippen molar-refractivity contribution in [3.63, 3.8) is 0 Å². The van der Waals surface area contributed by atoms with Gasteiger partial charge in [0.25, 0.3) is 0 Å². The van der Waals surface area contributed by atoms with Gasteiger partial charge in [-0.1, -0.05) is 58.8 Å². The SMILES string of the molecule is CCCCCCCCOC(=O)CN(C)C(=O)CCCCC. The van der Waals surface area contributed by atoms with Gasteiger partial charge in [-0.2, -0.15) is 0 Å². The molecule has 21 heavy (non-hydrogen) atoms. The lowest BCUT2D eigenvalue weighted by atomic mass is 10.1. The van der Waals surface area contributed by atoms with Crippen molar-refractivity contribution in [2.24, 2.45) is 0 Å². The molecule has 0 aromatic rings. The summed E-state index contributed by atoms with van der Waals surface area (Å²) in [6, 6.07) is 0. The van der Waals surface area contributed by atoms with Crippen molar-refractivity contribution in [1.82, 2.24) is 4.90 Å². The molecule has 0 heterocycles. The number of amides is 1. The van der Waals surface area contributed by atoms with Crippen molar-refractivity contribution >= 4 is 11.9 Å². The fraction of sp³-hybridized carbons (Fsp3) is 0.882. The van der Waals surface area contributed by atoms with Crippen molar-refractivity contribution in [2.75, 3.05) is 20.2 Å². The second-order valence-corrected chi connectivity index (χ2v) is 5.70. The predicted molar refractivity (Wildman–Crippen MR) is 86.1 cm³/mol. The zero-order chi connectivity index (χ0) is 15.9.